The highest BCUT2D eigenvalue weighted by Gasteiger charge is 2.14. The van der Waals surface area contributed by atoms with Crippen LogP contribution in [0.15, 0.2) is 18.2 Å². The molecule has 1 aromatic rings. The zero-order valence-electron chi connectivity index (χ0n) is 14.1. The molecule has 5 heteroatoms. The summed E-state index contributed by atoms with van der Waals surface area (Å²) in [5, 5.41) is 13.2. The van der Waals surface area contributed by atoms with Gasteiger partial charge in [-0.15, -0.1) is 0 Å². The van der Waals surface area contributed by atoms with Gasteiger partial charge >= 0.3 is 0 Å². The average Bonchev–Trinajstić information content (AvgIpc) is 3.03. The number of fused-ring (bicyclic) bond motifs is 1. The Morgan fingerprint density at radius 2 is 1.91 bits per heavy atom. The Morgan fingerprint density at radius 1 is 1.13 bits per heavy atom. The van der Waals surface area contributed by atoms with Crippen LogP contribution < -0.4 is 19.5 Å². The predicted molar refractivity (Wildman–Crippen MR) is 90.3 cm³/mol. The van der Waals surface area contributed by atoms with E-state index in [4.69, 9.17) is 14.2 Å². The third-order valence-corrected chi connectivity index (χ3v) is 3.87. The second-order valence-corrected chi connectivity index (χ2v) is 5.95. The highest BCUT2D eigenvalue weighted by molar-refractivity contribution is 5.46. The summed E-state index contributed by atoms with van der Waals surface area (Å²) < 4.78 is 16.1. The maximum absolute atomic E-state index is 9.93. The van der Waals surface area contributed by atoms with E-state index in [9.17, 15) is 5.11 Å². The Morgan fingerprint density at radius 3 is 2.78 bits per heavy atom. The van der Waals surface area contributed by atoms with Gasteiger partial charge in [0.2, 0.25) is 6.79 Å². The predicted octanol–water partition coefficient (Wildman–Crippen LogP) is 3.11. The lowest BCUT2D eigenvalue weighted by Crippen LogP contribution is -2.32. The minimum Gasteiger partial charge on any atom is -0.491 e. The fourth-order valence-corrected chi connectivity index (χ4v) is 2.52. The maximum Gasteiger partial charge on any atom is 0.231 e. The summed E-state index contributed by atoms with van der Waals surface area (Å²) >= 11 is 0. The molecule has 0 aromatic heterocycles. The van der Waals surface area contributed by atoms with E-state index in [-0.39, 0.29) is 13.4 Å². The fourth-order valence-electron chi connectivity index (χ4n) is 2.52. The van der Waals surface area contributed by atoms with Gasteiger partial charge in [-0.3, -0.25) is 0 Å². The molecule has 1 atom stereocenters. The van der Waals surface area contributed by atoms with Crippen molar-refractivity contribution in [1.29, 1.82) is 0 Å². The number of ether oxygens (including phenoxy) is 3. The van der Waals surface area contributed by atoms with E-state index >= 15 is 0 Å². The average molecular weight is 323 g/mol. The Hall–Kier alpha value is -1.46. The van der Waals surface area contributed by atoms with Crippen LogP contribution >= 0.6 is 0 Å². The van der Waals surface area contributed by atoms with Crippen LogP contribution in [0.2, 0.25) is 0 Å². The SMILES string of the molecule is CCCCCCCCNCC(O)COc1ccc2c(c1)OCO2. The largest absolute Gasteiger partial charge is 0.491 e. The molecule has 130 valence electrons. The van der Waals surface area contributed by atoms with Crippen molar-refractivity contribution in [1.82, 2.24) is 5.32 Å². The monoisotopic (exact) mass is 323 g/mol. The lowest BCUT2D eigenvalue weighted by Gasteiger charge is -2.13. The number of unbranched alkanes of at least 4 members (excludes halogenated alkanes) is 5. The summed E-state index contributed by atoms with van der Waals surface area (Å²) in [4.78, 5) is 0. The molecule has 2 rings (SSSR count). The van der Waals surface area contributed by atoms with Gasteiger partial charge in [0.05, 0.1) is 0 Å². The summed E-state index contributed by atoms with van der Waals surface area (Å²) in [7, 11) is 0. The quantitative estimate of drug-likeness (QED) is 0.579. The summed E-state index contributed by atoms with van der Waals surface area (Å²) in [6.07, 6.45) is 7.18. The van der Waals surface area contributed by atoms with Gasteiger partial charge in [-0.2, -0.15) is 0 Å². The minimum absolute atomic E-state index is 0.254. The van der Waals surface area contributed by atoms with E-state index in [0.29, 0.717) is 18.0 Å². The van der Waals surface area contributed by atoms with Crippen molar-refractivity contribution in [2.45, 2.75) is 51.6 Å². The summed E-state index contributed by atoms with van der Waals surface area (Å²) in [5.41, 5.74) is 0. The van der Waals surface area contributed by atoms with Crippen molar-refractivity contribution in [3.8, 4) is 17.2 Å². The molecule has 0 spiro atoms. The van der Waals surface area contributed by atoms with E-state index in [1.165, 1.54) is 38.5 Å². The fraction of sp³-hybridized carbons (Fsp3) is 0.667. The van der Waals surface area contributed by atoms with Gasteiger partial charge in [-0.05, 0) is 25.1 Å². The Labute approximate surface area is 138 Å². The smallest absolute Gasteiger partial charge is 0.231 e. The maximum atomic E-state index is 9.93. The molecule has 5 nitrogen and oxygen atoms in total. The van der Waals surface area contributed by atoms with Crippen LogP contribution in [0, 0.1) is 0 Å². The summed E-state index contributed by atoms with van der Waals surface area (Å²) in [6.45, 7) is 4.26. The third-order valence-electron chi connectivity index (χ3n) is 3.87. The van der Waals surface area contributed by atoms with Crippen LogP contribution in [0.5, 0.6) is 17.2 Å². The first-order valence-electron chi connectivity index (χ1n) is 8.71. The first-order chi connectivity index (χ1) is 11.3. The molecule has 23 heavy (non-hydrogen) atoms. The van der Waals surface area contributed by atoms with E-state index < -0.39 is 6.10 Å². The topological polar surface area (TPSA) is 60.0 Å². The van der Waals surface area contributed by atoms with Crippen LogP contribution in [0.3, 0.4) is 0 Å². The lowest BCUT2D eigenvalue weighted by molar-refractivity contribution is 0.106. The van der Waals surface area contributed by atoms with Gasteiger partial charge in [-0.1, -0.05) is 39.0 Å². The van der Waals surface area contributed by atoms with Crippen molar-refractivity contribution in [2.75, 3.05) is 26.5 Å². The number of hydrogen-bond donors (Lipinski definition) is 2. The number of benzene rings is 1. The number of aliphatic hydroxyl groups is 1. The van der Waals surface area contributed by atoms with Gasteiger partial charge < -0.3 is 24.6 Å². The highest BCUT2D eigenvalue weighted by atomic mass is 16.7. The van der Waals surface area contributed by atoms with Crippen molar-refractivity contribution in [3.63, 3.8) is 0 Å². The van der Waals surface area contributed by atoms with Crippen molar-refractivity contribution in [2.24, 2.45) is 0 Å². The number of hydrogen-bond acceptors (Lipinski definition) is 5. The Balaban J connectivity index is 1.51. The molecule has 1 aliphatic heterocycles. The van der Waals surface area contributed by atoms with Crippen molar-refractivity contribution in [3.05, 3.63) is 18.2 Å². The van der Waals surface area contributed by atoms with Crippen LogP contribution in [-0.2, 0) is 0 Å². The first kappa shape index (κ1) is 17.9. The molecule has 1 aromatic carbocycles. The molecular weight excluding hydrogens is 294 g/mol. The molecule has 0 aliphatic carbocycles. The van der Waals surface area contributed by atoms with Crippen LogP contribution in [0.4, 0.5) is 0 Å². The molecule has 0 amide bonds. The highest BCUT2D eigenvalue weighted by Crippen LogP contribution is 2.35. The van der Waals surface area contributed by atoms with Crippen LogP contribution in [-0.4, -0.2) is 37.7 Å². The molecule has 1 heterocycles. The summed E-state index contributed by atoms with van der Waals surface area (Å²) in [6, 6.07) is 5.43. The number of nitrogens with one attached hydrogen (secondary N) is 1. The van der Waals surface area contributed by atoms with E-state index in [1.807, 2.05) is 12.1 Å². The molecule has 0 saturated carbocycles. The molecular formula is C18H29NO4. The third kappa shape index (κ3) is 6.67. The van der Waals surface area contributed by atoms with E-state index in [2.05, 4.69) is 12.2 Å². The second kappa shape index (κ2) is 10.3. The molecule has 0 bridgehead atoms. The molecule has 0 saturated heterocycles. The first-order valence-corrected chi connectivity index (χ1v) is 8.71. The van der Waals surface area contributed by atoms with Gasteiger partial charge in [0.1, 0.15) is 18.5 Å². The van der Waals surface area contributed by atoms with Crippen LogP contribution in [0.1, 0.15) is 45.4 Å². The minimum atomic E-state index is -0.513. The summed E-state index contributed by atoms with van der Waals surface area (Å²) in [5.74, 6) is 2.11. The van der Waals surface area contributed by atoms with Gasteiger partial charge in [0.25, 0.3) is 0 Å². The molecule has 1 unspecified atom stereocenters. The van der Waals surface area contributed by atoms with Crippen molar-refractivity contribution >= 4 is 0 Å². The standard InChI is InChI=1S/C18H29NO4/c1-2-3-4-5-6-7-10-19-12-15(20)13-21-16-8-9-17-18(11-16)23-14-22-17/h8-9,11,15,19-20H,2-7,10,12-14H2,1H3. The van der Waals surface area contributed by atoms with E-state index in [0.717, 1.165) is 12.3 Å². The van der Waals surface area contributed by atoms with Gasteiger partial charge in [0, 0.05) is 12.6 Å². The Kier molecular flexibility index (Phi) is 8.04. The van der Waals surface area contributed by atoms with Crippen molar-refractivity contribution < 1.29 is 19.3 Å². The zero-order chi connectivity index (χ0) is 16.3. The Bertz CT molecular complexity index is 453. The van der Waals surface area contributed by atoms with Gasteiger partial charge in [0.15, 0.2) is 11.5 Å². The normalized spacial score (nSPS) is 14.0. The number of rotatable bonds is 12. The number of aliphatic hydroxyl groups excluding tert-OH is 1. The lowest BCUT2D eigenvalue weighted by atomic mass is 10.1. The molecule has 0 radical (unpaired) electrons. The zero-order valence-corrected chi connectivity index (χ0v) is 14.1. The van der Waals surface area contributed by atoms with E-state index in [1.54, 1.807) is 6.07 Å². The van der Waals surface area contributed by atoms with Gasteiger partial charge in [-0.25, -0.2) is 0 Å². The second-order valence-electron chi connectivity index (χ2n) is 5.95. The molecule has 0 fully saturated rings. The van der Waals surface area contributed by atoms with Crippen LogP contribution in [0.25, 0.3) is 0 Å². The molecule has 1 aliphatic rings. The molecule has 2 N–H and O–H groups in total.